The second-order valence-corrected chi connectivity index (χ2v) is 6.69. The van der Waals surface area contributed by atoms with Crippen molar-refractivity contribution in [1.29, 1.82) is 0 Å². The molecular weight excluding hydrogens is 364 g/mol. The highest BCUT2D eigenvalue weighted by molar-refractivity contribution is 6.30. The molecule has 1 heterocycles. The Hall–Kier alpha value is -2.86. The molecule has 0 radical (unpaired) electrons. The summed E-state index contributed by atoms with van der Waals surface area (Å²) in [6.07, 6.45) is 4.25. The van der Waals surface area contributed by atoms with Crippen LogP contribution >= 0.6 is 11.6 Å². The minimum absolute atomic E-state index is 0.111. The van der Waals surface area contributed by atoms with Gasteiger partial charge in [-0.2, -0.15) is 0 Å². The van der Waals surface area contributed by atoms with Crippen molar-refractivity contribution in [2.24, 2.45) is 0 Å². The summed E-state index contributed by atoms with van der Waals surface area (Å²) in [5.74, 6) is 0.758. The van der Waals surface area contributed by atoms with Gasteiger partial charge in [-0.1, -0.05) is 31.5 Å². The number of halogens is 1. The van der Waals surface area contributed by atoms with Gasteiger partial charge in [0.05, 0.1) is 5.69 Å². The molecule has 1 atom stereocenters. The van der Waals surface area contributed by atoms with E-state index in [1.807, 2.05) is 18.2 Å². The van der Waals surface area contributed by atoms with Gasteiger partial charge < -0.3 is 10.1 Å². The van der Waals surface area contributed by atoms with E-state index < -0.39 is 0 Å². The maximum Gasteiger partial charge on any atom is 0.262 e. The Morgan fingerprint density at radius 2 is 1.89 bits per heavy atom. The zero-order valence-electron chi connectivity index (χ0n) is 15.2. The molecule has 0 bridgehead atoms. The molecule has 7 heteroatoms. The highest BCUT2D eigenvalue weighted by atomic mass is 35.5. The number of carbonyl (C=O) groups excluding carboxylic acids is 1. The standard InChI is InChI=1S/C20H21ClN4O2/c1-3-14(2)15-4-9-19(18(10-15)25-12-22-23-13-25)27-11-20(26)24-17-7-5-16(21)6-8-17/h4-10,12-14H,3,11H2,1-2H3,(H,24,26)/t14-/m1/s1. The molecule has 3 rings (SSSR count). The molecule has 0 saturated heterocycles. The third-order valence-corrected chi connectivity index (χ3v) is 4.60. The van der Waals surface area contributed by atoms with Crippen molar-refractivity contribution in [3.63, 3.8) is 0 Å². The van der Waals surface area contributed by atoms with Crippen molar-refractivity contribution < 1.29 is 9.53 Å². The average Bonchev–Trinajstić information content (AvgIpc) is 3.22. The van der Waals surface area contributed by atoms with Crippen LogP contribution in [-0.2, 0) is 4.79 Å². The van der Waals surface area contributed by atoms with Crippen molar-refractivity contribution in [2.75, 3.05) is 11.9 Å². The highest BCUT2D eigenvalue weighted by Gasteiger charge is 2.12. The minimum atomic E-state index is -0.252. The number of carbonyl (C=O) groups is 1. The van der Waals surface area contributed by atoms with Crippen molar-refractivity contribution in [1.82, 2.24) is 14.8 Å². The largest absolute Gasteiger partial charge is 0.482 e. The number of amides is 1. The van der Waals surface area contributed by atoms with Gasteiger partial charge in [0.25, 0.3) is 5.91 Å². The van der Waals surface area contributed by atoms with E-state index in [0.717, 1.165) is 12.1 Å². The first-order chi connectivity index (χ1) is 13.1. The number of aromatic nitrogens is 3. The summed E-state index contributed by atoms with van der Waals surface area (Å²) in [4.78, 5) is 12.2. The first kappa shape index (κ1) is 18.9. The second kappa shape index (κ2) is 8.68. The van der Waals surface area contributed by atoms with Gasteiger partial charge in [-0.3, -0.25) is 9.36 Å². The monoisotopic (exact) mass is 384 g/mol. The van der Waals surface area contributed by atoms with Crippen LogP contribution in [0.3, 0.4) is 0 Å². The van der Waals surface area contributed by atoms with Gasteiger partial charge in [-0.15, -0.1) is 10.2 Å². The van der Waals surface area contributed by atoms with Gasteiger partial charge >= 0.3 is 0 Å². The number of hydrogen-bond donors (Lipinski definition) is 1. The van der Waals surface area contributed by atoms with Crippen LogP contribution in [0.5, 0.6) is 5.75 Å². The van der Waals surface area contributed by atoms with Gasteiger partial charge in [-0.05, 0) is 54.3 Å². The third-order valence-electron chi connectivity index (χ3n) is 4.35. The number of benzene rings is 2. The summed E-state index contributed by atoms with van der Waals surface area (Å²) in [5.41, 5.74) is 2.66. The molecular formula is C20H21ClN4O2. The normalized spacial score (nSPS) is 11.8. The van der Waals surface area contributed by atoms with Gasteiger partial charge in [0.1, 0.15) is 18.4 Å². The molecule has 0 fully saturated rings. The summed E-state index contributed by atoms with van der Waals surface area (Å²) in [6.45, 7) is 4.21. The van der Waals surface area contributed by atoms with Crippen LogP contribution < -0.4 is 10.1 Å². The molecule has 1 aromatic heterocycles. The van der Waals surface area contributed by atoms with Crippen LogP contribution in [0.15, 0.2) is 55.1 Å². The Labute approximate surface area is 163 Å². The summed E-state index contributed by atoms with van der Waals surface area (Å²) >= 11 is 5.85. The fourth-order valence-electron chi connectivity index (χ4n) is 2.60. The summed E-state index contributed by atoms with van der Waals surface area (Å²) in [6, 6.07) is 12.9. The van der Waals surface area contributed by atoms with Crippen LogP contribution in [0, 0.1) is 0 Å². The van der Waals surface area contributed by atoms with Gasteiger partial charge in [-0.25, -0.2) is 0 Å². The van der Waals surface area contributed by atoms with E-state index in [9.17, 15) is 4.79 Å². The molecule has 2 aromatic carbocycles. The van der Waals surface area contributed by atoms with E-state index in [1.54, 1.807) is 41.5 Å². The van der Waals surface area contributed by atoms with Crippen LogP contribution in [0.2, 0.25) is 5.02 Å². The lowest BCUT2D eigenvalue weighted by atomic mass is 9.98. The van der Waals surface area contributed by atoms with Crippen molar-refractivity contribution in [2.45, 2.75) is 26.2 Å². The molecule has 0 aliphatic rings. The Morgan fingerprint density at radius 3 is 2.56 bits per heavy atom. The van der Waals surface area contributed by atoms with E-state index in [2.05, 4.69) is 29.4 Å². The number of nitrogens with one attached hydrogen (secondary N) is 1. The van der Waals surface area contributed by atoms with E-state index in [0.29, 0.717) is 22.4 Å². The van der Waals surface area contributed by atoms with Crippen molar-refractivity contribution in [3.05, 3.63) is 65.7 Å². The zero-order chi connectivity index (χ0) is 19.2. The van der Waals surface area contributed by atoms with E-state index >= 15 is 0 Å². The van der Waals surface area contributed by atoms with Gasteiger partial charge in [0, 0.05) is 10.7 Å². The summed E-state index contributed by atoms with van der Waals surface area (Å²) < 4.78 is 7.55. The number of rotatable bonds is 7. The lowest BCUT2D eigenvalue weighted by molar-refractivity contribution is -0.118. The molecule has 140 valence electrons. The SMILES string of the molecule is CC[C@@H](C)c1ccc(OCC(=O)Nc2ccc(Cl)cc2)c(-n2cnnc2)c1. The molecule has 0 unspecified atom stereocenters. The first-order valence-electron chi connectivity index (χ1n) is 8.74. The van der Waals surface area contributed by atoms with Gasteiger partial charge in [0.15, 0.2) is 6.61 Å². The number of hydrogen-bond acceptors (Lipinski definition) is 4. The van der Waals surface area contributed by atoms with Crippen LogP contribution in [0.25, 0.3) is 5.69 Å². The molecule has 6 nitrogen and oxygen atoms in total. The van der Waals surface area contributed by atoms with Crippen LogP contribution in [0.1, 0.15) is 31.7 Å². The minimum Gasteiger partial charge on any atom is -0.482 e. The predicted molar refractivity (Wildman–Crippen MR) is 106 cm³/mol. The smallest absolute Gasteiger partial charge is 0.262 e. The molecule has 3 aromatic rings. The van der Waals surface area contributed by atoms with E-state index in [-0.39, 0.29) is 12.5 Å². The highest BCUT2D eigenvalue weighted by Crippen LogP contribution is 2.28. The fourth-order valence-corrected chi connectivity index (χ4v) is 2.73. The van der Waals surface area contributed by atoms with E-state index in [4.69, 9.17) is 16.3 Å². The Morgan fingerprint density at radius 1 is 1.19 bits per heavy atom. The number of anilines is 1. The first-order valence-corrected chi connectivity index (χ1v) is 9.11. The van der Waals surface area contributed by atoms with E-state index in [1.165, 1.54) is 5.56 Å². The lowest BCUT2D eigenvalue weighted by Gasteiger charge is -2.16. The van der Waals surface area contributed by atoms with Crippen molar-refractivity contribution in [3.8, 4) is 11.4 Å². The topological polar surface area (TPSA) is 69.0 Å². The Kier molecular flexibility index (Phi) is 6.08. The molecule has 0 saturated carbocycles. The second-order valence-electron chi connectivity index (χ2n) is 6.25. The maximum atomic E-state index is 12.2. The van der Waals surface area contributed by atoms with Gasteiger partial charge in [0.2, 0.25) is 0 Å². The Bertz CT molecular complexity index is 895. The third kappa shape index (κ3) is 4.86. The zero-order valence-corrected chi connectivity index (χ0v) is 16.0. The molecule has 0 aliphatic carbocycles. The maximum absolute atomic E-state index is 12.2. The molecule has 27 heavy (non-hydrogen) atoms. The Balaban J connectivity index is 1.73. The summed E-state index contributed by atoms with van der Waals surface area (Å²) in [7, 11) is 0. The quantitative estimate of drug-likeness (QED) is 0.653. The molecule has 1 N–H and O–H groups in total. The number of nitrogens with zero attached hydrogens (tertiary/aromatic N) is 3. The lowest BCUT2D eigenvalue weighted by Crippen LogP contribution is -2.20. The van der Waals surface area contributed by atoms with Crippen LogP contribution in [0.4, 0.5) is 5.69 Å². The average molecular weight is 385 g/mol. The summed E-state index contributed by atoms with van der Waals surface area (Å²) in [5, 5.41) is 11.1. The number of ether oxygens (including phenoxy) is 1. The van der Waals surface area contributed by atoms with Crippen LogP contribution in [-0.4, -0.2) is 27.3 Å². The fraction of sp³-hybridized carbons (Fsp3) is 0.250. The predicted octanol–water partition coefficient (Wildman–Crippen LogP) is 4.45. The van der Waals surface area contributed by atoms with Crippen molar-refractivity contribution >= 4 is 23.2 Å². The molecule has 0 spiro atoms. The molecule has 0 aliphatic heterocycles. The molecule has 1 amide bonds.